The van der Waals surface area contributed by atoms with E-state index in [1.165, 1.54) is 5.56 Å². The van der Waals surface area contributed by atoms with Crippen LogP contribution in [0.3, 0.4) is 0 Å². The standard InChI is InChI=1S/C22H22N2O5/c1-14(22(26)24-16-9-10-19-20(11-16)28-13-27-19)29-21(25)8-4-5-15-12-23-18-7-3-2-6-17(15)18/h2-3,6-7,9-12,14,23H,4-5,8,13H2,1H3,(H,24,26)/t14-/m1/s1. The molecule has 0 radical (unpaired) electrons. The lowest BCUT2D eigenvalue weighted by Crippen LogP contribution is -2.29. The fourth-order valence-electron chi connectivity index (χ4n) is 3.29. The number of para-hydroxylation sites is 1. The van der Waals surface area contributed by atoms with Crippen LogP contribution in [-0.4, -0.2) is 29.8 Å². The summed E-state index contributed by atoms with van der Waals surface area (Å²) >= 11 is 0. The van der Waals surface area contributed by atoms with E-state index in [0.717, 1.165) is 17.3 Å². The van der Waals surface area contributed by atoms with Gasteiger partial charge in [-0.3, -0.25) is 9.59 Å². The Morgan fingerprint density at radius 2 is 2.00 bits per heavy atom. The van der Waals surface area contributed by atoms with Gasteiger partial charge >= 0.3 is 5.97 Å². The normalized spacial score (nSPS) is 13.3. The minimum absolute atomic E-state index is 0.166. The number of carbonyl (C=O) groups is 2. The fraction of sp³-hybridized carbons (Fsp3) is 0.273. The second-order valence-corrected chi connectivity index (χ2v) is 6.90. The molecule has 7 nitrogen and oxygen atoms in total. The number of amides is 1. The summed E-state index contributed by atoms with van der Waals surface area (Å²) in [6, 6.07) is 13.2. The van der Waals surface area contributed by atoms with Gasteiger partial charge in [0, 0.05) is 35.3 Å². The van der Waals surface area contributed by atoms with Crippen molar-refractivity contribution in [1.82, 2.24) is 4.98 Å². The van der Waals surface area contributed by atoms with Gasteiger partial charge in [0.05, 0.1) is 0 Å². The van der Waals surface area contributed by atoms with E-state index < -0.39 is 18.0 Å². The predicted molar refractivity (Wildman–Crippen MR) is 108 cm³/mol. The second-order valence-electron chi connectivity index (χ2n) is 6.90. The Balaban J connectivity index is 1.24. The number of aromatic amines is 1. The molecule has 1 aliphatic rings. The maximum absolute atomic E-state index is 12.3. The second kappa shape index (κ2) is 8.26. The highest BCUT2D eigenvalue weighted by Crippen LogP contribution is 2.34. The molecule has 150 valence electrons. The SMILES string of the molecule is C[C@@H](OC(=O)CCCc1c[nH]c2ccccc12)C(=O)Nc1ccc2c(c1)OCO2. The highest BCUT2D eigenvalue weighted by molar-refractivity contribution is 5.95. The Labute approximate surface area is 168 Å². The van der Waals surface area contributed by atoms with Gasteiger partial charge in [-0.05, 0) is 43.5 Å². The van der Waals surface area contributed by atoms with E-state index in [9.17, 15) is 9.59 Å². The van der Waals surface area contributed by atoms with Gasteiger partial charge in [0.15, 0.2) is 17.6 Å². The molecule has 1 aromatic heterocycles. The lowest BCUT2D eigenvalue weighted by molar-refractivity contribution is -0.153. The first-order chi connectivity index (χ1) is 14.1. The van der Waals surface area contributed by atoms with Crippen LogP contribution in [0, 0.1) is 0 Å². The molecule has 0 spiro atoms. The number of nitrogens with one attached hydrogen (secondary N) is 2. The molecule has 4 rings (SSSR count). The van der Waals surface area contributed by atoms with Crippen LogP contribution in [0.2, 0.25) is 0 Å². The molecule has 3 aromatic rings. The Kier molecular flexibility index (Phi) is 5.37. The minimum Gasteiger partial charge on any atom is -0.454 e. The van der Waals surface area contributed by atoms with Crippen LogP contribution in [0.1, 0.15) is 25.3 Å². The van der Waals surface area contributed by atoms with Gasteiger partial charge in [-0.1, -0.05) is 18.2 Å². The molecule has 1 aliphatic heterocycles. The van der Waals surface area contributed by atoms with Crippen molar-refractivity contribution in [2.75, 3.05) is 12.1 Å². The van der Waals surface area contributed by atoms with Crippen LogP contribution in [0.4, 0.5) is 5.69 Å². The number of aromatic nitrogens is 1. The first-order valence-electron chi connectivity index (χ1n) is 9.55. The Morgan fingerprint density at radius 3 is 2.90 bits per heavy atom. The number of aryl methyl sites for hydroxylation is 1. The summed E-state index contributed by atoms with van der Waals surface area (Å²) in [5.41, 5.74) is 2.81. The molecule has 7 heteroatoms. The molecular formula is C22H22N2O5. The molecule has 1 atom stereocenters. The third-order valence-electron chi connectivity index (χ3n) is 4.82. The summed E-state index contributed by atoms with van der Waals surface area (Å²) in [4.78, 5) is 27.6. The number of benzene rings is 2. The third-order valence-corrected chi connectivity index (χ3v) is 4.82. The molecule has 0 saturated carbocycles. The first kappa shape index (κ1) is 18.9. The van der Waals surface area contributed by atoms with Gasteiger partial charge in [0.25, 0.3) is 5.91 Å². The fourth-order valence-corrected chi connectivity index (χ4v) is 3.29. The monoisotopic (exact) mass is 394 g/mol. The predicted octanol–water partition coefficient (Wildman–Crippen LogP) is 3.79. The largest absolute Gasteiger partial charge is 0.454 e. The summed E-state index contributed by atoms with van der Waals surface area (Å²) in [6.45, 7) is 1.72. The van der Waals surface area contributed by atoms with Gasteiger partial charge in [0.2, 0.25) is 6.79 Å². The van der Waals surface area contributed by atoms with E-state index in [0.29, 0.717) is 23.6 Å². The zero-order chi connectivity index (χ0) is 20.2. The van der Waals surface area contributed by atoms with Crippen LogP contribution in [0.15, 0.2) is 48.7 Å². The highest BCUT2D eigenvalue weighted by atomic mass is 16.7. The molecule has 2 heterocycles. The van der Waals surface area contributed by atoms with Gasteiger partial charge in [0.1, 0.15) is 0 Å². The van der Waals surface area contributed by atoms with Crippen molar-refractivity contribution in [2.24, 2.45) is 0 Å². The van der Waals surface area contributed by atoms with Crippen molar-refractivity contribution in [2.45, 2.75) is 32.3 Å². The number of ether oxygens (including phenoxy) is 3. The van der Waals surface area contributed by atoms with Gasteiger partial charge in [-0.15, -0.1) is 0 Å². The number of rotatable bonds is 7. The van der Waals surface area contributed by atoms with Crippen LogP contribution >= 0.6 is 0 Å². The number of hydrogen-bond acceptors (Lipinski definition) is 5. The molecule has 2 aromatic carbocycles. The van der Waals surface area contributed by atoms with E-state index in [4.69, 9.17) is 14.2 Å². The van der Waals surface area contributed by atoms with Crippen LogP contribution < -0.4 is 14.8 Å². The van der Waals surface area contributed by atoms with E-state index in [1.807, 2.05) is 24.4 Å². The Bertz CT molecular complexity index is 1040. The third kappa shape index (κ3) is 4.34. The van der Waals surface area contributed by atoms with Gasteiger partial charge < -0.3 is 24.5 Å². The maximum atomic E-state index is 12.3. The average Bonchev–Trinajstić information content (AvgIpc) is 3.34. The average molecular weight is 394 g/mol. The summed E-state index contributed by atoms with van der Waals surface area (Å²) in [7, 11) is 0. The minimum atomic E-state index is -0.888. The maximum Gasteiger partial charge on any atom is 0.306 e. The lowest BCUT2D eigenvalue weighted by Gasteiger charge is -2.13. The van der Waals surface area contributed by atoms with Crippen LogP contribution in [-0.2, 0) is 20.7 Å². The first-order valence-corrected chi connectivity index (χ1v) is 9.55. The van der Waals surface area contributed by atoms with Crippen LogP contribution in [0.5, 0.6) is 11.5 Å². The van der Waals surface area contributed by atoms with Crippen molar-refractivity contribution < 1.29 is 23.8 Å². The molecular weight excluding hydrogens is 372 g/mol. The molecule has 0 aliphatic carbocycles. The zero-order valence-corrected chi connectivity index (χ0v) is 16.1. The summed E-state index contributed by atoms with van der Waals surface area (Å²) in [5, 5.41) is 3.88. The number of hydrogen-bond donors (Lipinski definition) is 2. The van der Waals surface area contributed by atoms with E-state index in [1.54, 1.807) is 25.1 Å². The molecule has 0 bridgehead atoms. The van der Waals surface area contributed by atoms with Crippen molar-refractivity contribution in [3.05, 3.63) is 54.2 Å². The van der Waals surface area contributed by atoms with E-state index in [-0.39, 0.29) is 13.2 Å². The number of carbonyl (C=O) groups excluding carboxylic acids is 2. The summed E-state index contributed by atoms with van der Waals surface area (Å²) < 4.78 is 15.8. The molecule has 2 N–H and O–H groups in total. The van der Waals surface area contributed by atoms with Crippen LogP contribution in [0.25, 0.3) is 10.9 Å². The van der Waals surface area contributed by atoms with E-state index >= 15 is 0 Å². The number of anilines is 1. The quantitative estimate of drug-likeness (QED) is 0.595. The summed E-state index contributed by atoms with van der Waals surface area (Å²) in [6.07, 6.45) is 2.74. The Morgan fingerprint density at radius 1 is 1.17 bits per heavy atom. The van der Waals surface area contributed by atoms with Gasteiger partial charge in [-0.25, -0.2) is 0 Å². The zero-order valence-electron chi connectivity index (χ0n) is 16.1. The Hall–Kier alpha value is -3.48. The highest BCUT2D eigenvalue weighted by Gasteiger charge is 2.19. The van der Waals surface area contributed by atoms with Crippen molar-refractivity contribution in [3.63, 3.8) is 0 Å². The topological polar surface area (TPSA) is 89.7 Å². The van der Waals surface area contributed by atoms with Crippen molar-refractivity contribution >= 4 is 28.5 Å². The molecule has 1 amide bonds. The van der Waals surface area contributed by atoms with Gasteiger partial charge in [-0.2, -0.15) is 0 Å². The lowest BCUT2D eigenvalue weighted by atomic mass is 10.1. The smallest absolute Gasteiger partial charge is 0.306 e. The molecule has 0 fully saturated rings. The number of fused-ring (bicyclic) bond motifs is 2. The van der Waals surface area contributed by atoms with Crippen molar-refractivity contribution in [1.29, 1.82) is 0 Å². The summed E-state index contributed by atoms with van der Waals surface area (Å²) in [5.74, 6) is 0.425. The molecule has 29 heavy (non-hydrogen) atoms. The molecule has 0 saturated heterocycles. The van der Waals surface area contributed by atoms with Crippen molar-refractivity contribution in [3.8, 4) is 11.5 Å². The molecule has 0 unspecified atom stereocenters. The number of H-pyrrole nitrogens is 1. The number of esters is 1. The van der Waals surface area contributed by atoms with E-state index in [2.05, 4.69) is 16.4 Å².